The first-order chi connectivity index (χ1) is 18.2. The number of para-hydroxylation sites is 1. The Kier molecular flexibility index (Phi) is 6.02. The minimum absolute atomic E-state index is 0.224. The Hall–Kier alpha value is -4.65. The molecule has 1 aliphatic heterocycles. The van der Waals surface area contributed by atoms with E-state index in [2.05, 4.69) is 11.4 Å². The van der Waals surface area contributed by atoms with E-state index in [4.69, 9.17) is 19.2 Å². The smallest absolute Gasteiger partial charge is 0.339 e. The number of benzene rings is 3. The van der Waals surface area contributed by atoms with Crippen molar-refractivity contribution in [3.63, 3.8) is 0 Å². The Morgan fingerprint density at radius 1 is 0.946 bits per heavy atom. The number of rotatable bonds is 6. The molecule has 2 aliphatic rings. The van der Waals surface area contributed by atoms with Crippen LogP contribution in [0.4, 0.5) is 0 Å². The van der Waals surface area contributed by atoms with Crippen LogP contribution in [0.25, 0.3) is 22.6 Å². The van der Waals surface area contributed by atoms with Crippen LogP contribution in [0.5, 0.6) is 11.5 Å². The number of carbonyl (C=O) groups is 2. The molecule has 0 atom stereocenters. The number of carbonyl (C=O) groups excluding carboxylic acids is 2. The van der Waals surface area contributed by atoms with Crippen LogP contribution in [0.3, 0.4) is 0 Å². The van der Waals surface area contributed by atoms with Crippen LogP contribution < -0.4 is 14.8 Å². The van der Waals surface area contributed by atoms with E-state index in [9.17, 15) is 9.59 Å². The number of hydrogen-bond acceptors (Lipinski definition) is 6. The number of fused-ring (bicyclic) bond motifs is 3. The highest BCUT2D eigenvalue weighted by molar-refractivity contribution is 6.07. The van der Waals surface area contributed by atoms with Crippen LogP contribution in [0.1, 0.15) is 39.2 Å². The standard InChI is InChI=1S/C30H24N2O5/c33-27(31-16-19-6-2-1-3-7-19)17-35-30(34)28-22-8-4-5-9-24(22)32-29-21(11-12-23(28)29)14-20-10-13-25-26(15-20)37-18-36-25/h1-10,13-15H,11-12,16-18H2,(H,31,33). The number of nitrogens with one attached hydrogen (secondary N) is 1. The number of aromatic nitrogens is 1. The SMILES string of the molecule is O=C(COC(=O)c1c2c(nc3ccccc13)C(=Cc1ccc3c(c1)OCO3)CC2)NCc1ccccc1. The molecule has 0 saturated carbocycles. The van der Waals surface area contributed by atoms with Gasteiger partial charge in [0.2, 0.25) is 6.79 Å². The van der Waals surface area contributed by atoms with E-state index in [1.807, 2.05) is 72.8 Å². The average Bonchev–Trinajstić information content (AvgIpc) is 3.56. The zero-order chi connectivity index (χ0) is 25.2. The van der Waals surface area contributed by atoms with Gasteiger partial charge in [0.05, 0.1) is 16.8 Å². The highest BCUT2D eigenvalue weighted by Crippen LogP contribution is 2.39. The Labute approximate surface area is 213 Å². The predicted octanol–water partition coefficient (Wildman–Crippen LogP) is 4.92. The van der Waals surface area contributed by atoms with E-state index in [1.54, 1.807) is 0 Å². The molecule has 37 heavy (non-hydrogen) atoms. The Morgan fingerprint density at radius 3 is 2.65 bits per heavy atom. The van der Waals surface area contributed by atoms with E-state index < -0.39 is 5.97 Å². The van der Waals surface area contributed by atoms with Crippen molar-refractivity contribution in [1.82, 2.24) is 10.3 Å². The van der Waals surface area contributed by atoms with Gasteiger partial charge >= 0.3 is 5.97 Å². The Bertz CT molecular complexity index is 1540. The zero-order valence-electron chi connectivity index (χ0n) is 20.0. The fourth-order valence-corrected chi connectivity index (χ4v) is 4.77. The molecule has 7 heteroatoms. The molecule has 2 heterocycles. The fraction of sp³-hybridized carbons (Fsp3) is 0.167. The summed E-state index contributed by atoms with van der Waals surface area (Å²) in [5, 5.41) is 3.51. The summed E-state index contributed by atoms with van der Waals surface area (Å²) in [6, 6.07) is 22.9. The van der Waals surface area contributed by atoms with Gasteiger partial charge in [0.1, 0.15) is 0 Å². The minimum atomic E-state index is -0.519. The second-order valence-electron chi connectivity index (χ2n) is 8.95. The molecule has 6 rings (SSSR count). The maximum Gasteiger partial charge on any atom is 0.339 e. The first-order valence-electron chi connectivity index (χ1n) is 12.2. The lowest BCUT2D eigenvalue weighted by Gasteiger charge is -2.12. The molecule has 0 bridgehead atoms. The maximum absolute atomic E-state index is 13.3. The number of ether oxygens (including phenoxy) is 3. The Balaban J connectivity index is 1.26. The van der Waals surface area contributed by atoms with Crippen molar-refractivity contribution in [2.45, 2.75) is 19.4 Å². The van der Waals surface area contributed by atoms with Gasteiger partial charge < -0.3 is 19.5 Å². The van der Waals surface area contributed by atoms with Gasteiger partial charge in [0, 0.05) is 11.9 Å². The molecular formula is C30H24N2O5. The number of allylic oxidation sites excluding steroid dienone is 1. The minimum Gasteiger partial charge on any atom is -0.454 e. The lowest BCUT2D eigenvalue weighted by Crippen LogP contribution is -2.28. The predicted molar refractivity (Wildman–Crippen MR) is 139 cm³/mol. The molecule has 0 unspecified atom stereocenters. The summed E-state index contributed by atoms with van der Waals surface area (Å²) in [6.07, 6.45) is 3.47. The molecule has 0 fully saturated rings. The van der Waals surface area contributed by atoms with Crippen molar-refractivity contribution in [2.75, 3.05) is 13.4 Å². The van der Waals surface area contributed by atoms with Crippen molar-refractivity contribution in [1.29, 1.82) is 0 Å². The van der Waals surface area contributed by atoms with Gasteiger partial charge in [-0.3, -0.25) is 4.79 Å². The molecule has 184 valence electrons. The summed E-state index contributed by atoms with van der Waals surface area (Å²) in [7, 11) is 0. The fourth-order valence-electron chi connectivity index (χ4n) is 4.77. The molecule has 1 aromatic heterocycles. The monoisotopic (exact) mass is 492 g/mol. The molecule has 1 amide bonds. The van der Waals surface area contributed by atoms with Gasteiger partial charge in [-0.25, -0.2) is 9.78 Å². The largest absolute Gasteiger partial charge is 0.454 e. The first-order valence-corrected chi connectivity index (χ1v) is 12.2. The van der Waals surface area contributed by atoms with E-state index >= 15 is 0 Å². The van der Waals surface area contributed by atoms with E-state index in [0.29, 0.717) is 29.8 Å². The molecule has 0 saturated heterocycles. The first kappa shape index (κ1) is 22.8. The molecule has 3 aromatic carbocycles. The molecule has 1 N–H and O–H groups in total. The normalized spacial score (nSPS) is 14.5. The van der Waals surface area contributed by atoms with Gasteiger partial charge in [0.15, 0.2) is 18.1 Å². The summed E-state index contributed by atoms with van der Waals surface area (Å²) in [5.41, 5.74) is 5.81. The van der Waals surface area contributed by atoms with E-state index in [-0.39, 0.29) is 19.3 Å². The maximum atomic E-state index is 13.3. The topological polar surface area (TPSA) is 86.8 Å². The lowest BCUT2D eigenvalue weighted by atomic mass is 10.0. The number of nitrogens with zero attached hydrogens (tertiary/aromatic N) is 1. The third-order valence-electron chi connectivity index (χ3n) is 6.55. The van der Waals surface area contributed by atoms with Crippen molar-refractivity contribution >= 4 is 34.4 Å². The van der Waals surface area contributed by atoms with Gasteiger partial charge in [-0.15, -0.1) is 0 Å². The Morgan fingerprint density at radius 2 is 1.76 bits per heavy atom. The van der Waals surface area contributed by atoms with E-state index in [1.165, 1.54) is 0 Å². The van der Waals surface area contributed by atoms with Gasteiger partial charge in [-0.2, -0.15) is 0 Å². The number of pyridine rings is 1. The zero-order valence-corrected chi connectivity index (χ0v) is 20.0. The molecular weight excluding hydrogens is 468 g/mol. The molecule has 1 aliphatic carbocycles. The van der Waals surface area contributed by atoms with Gasteiger partial charge in [-0.1, -0.05) is 54.6 Å². The molecule has 0 radical (unpaired) electrons. The van der Waals surface area contributed by atoms with Crippen LogP contribution >= 0.6 is 0 Å². The van der Waals surface area contributed by atoms with Crippen molar-refractivity contribution in [3.8, 4) is 11.5 Å². The summed E-state index contributed by atoms with van der Waals surface area (Å²) >= 11 is 0. The van der Waals surface area contributed by atoms with Crippen molar-refractivity contribution in [2.24, 2.45) is 0 Å². The van der Waals surface area contributed by atoms with Crippen LogP contribution in [0.2, 0.25) is 0 Å². The van der Waals surface area contributed by atoms with Gasteiger partial charge in [-0.05, 0) is 59.4 Å². The third kappa shape index (κ3) is 4.63. The summed E-state index contributed by atoms with van der Waals surface area (Å²) in [6.45, 7) is 0.247. The second kappa shape index (κ2) is 9.78. The average molecular weight is 493 g/mol. The summed E-state index contributed by atoms with van der Waals surface area (Å²) < 4.78 is 16.4. The summed E-state index contributed by atoms with van der Waals surface area (Å²) in [4.78, 5) is 30.6. The highest BCUT2D eigenvalue weighted by atomic mass is 16.7. The number of amides is 1. The number of hydrogen-bond donors (Lipinski definition) is 1. The van der Waals surface area contributed by atoms with Crippen molar-refractivity contribution < 1.29 is 23.8 Å². The van der Waals surface area contributed by atoms with Crippen LogP contribution in [0, 0.1) is 0 Å². The third-order valence-corrected chi connectivity index (χ3v) is 6.55. The van der Waals surface area contributed by atoms with E-state index in [0.717, 1.165) is 45.5 Å². The van der Waals surface area contributed by atoms with Crippen LogP contribution in [-0.2, 0) is 22.5 Å². The van der Waals surface area contributed by atoms with Gasteiger partial charge in [0.25, 0.3) is 5.91 Å². The van der Waals surface area contributed by atoms with Crippen molar-refractivity contribution in [3.05, 3.63) is 101 Å². The number of esters is 1. The highest BCUT2D eigenvalue weighted by Gasteiger charge is 2.28. The molecule has 0 spiro atoms. The molecule has 7 nitrogen and oxygen atoms in total. The molecule has 4 aromatic rings. The quantitative estimate of drug-likeness (QED) is 0.385. The van der Waals surface area contributed by atoms with Crippen LogP contribution in [-0.4, -0.2) is 30.3 Å². The summed E-state index contributed by atoms with van der Waals surface area (Å²) in [5.74, 6) is 0.578. The second-order valence-corrected chi connectivity index (χ2v) is 8.95. The lowest BCUT2D eigenvalue weighted by molar-refractivity contribution is -0.124. The van der Waals surface area contributed by atoms with Crippen LogP contribution in [0.15, 0.2) is 72.8 Å².